The summed E-state index contributed by atoms with van der Waals surface area (Å²) in [5.41, 5.74) is 0. The summed E-state index contributed by atoms with van der Waals surface area (Å²) in [6.45, 7) is 4.04. The smallest absolute Gasteiger partial charge is 0.287 e. The molecule has 0 fully saturated rings. The third-order valence-corrected chi connectivity index (χ3v) is 1.28. The molecule has 0 bridgehead atoms. The number of ketones is 2. The number of carbonyl (C=O) groups is 3. The van der Waals surface area contributed by atoms with Crippen molar-refractivity contribution in [1.82, 2.24) is 5.32 Å². The maximum atomic E-state index is 10.6. The largest absolute Gasteiger partial charge is 0.340 e. The zero-order valence-electron chi connectivity index (χ0n) is 6.80. The molecule has 4 nitrogen and oxygen atoms in total. The van der Waals surface area contributed by atoms with E-state index in [4.69, 9.17) is 0 Å². The third kappa shape index (κ3) is 3.50. The van der Waals surface area contributed by atoms with Crippen molar-refractivity contribution in [2.75, 3.05) is 0 Å². The first-order valence-electron chi connectivity index (χ1n) is 3.27. The standard InChI is InChI=1S/C7H11NO3/c1-4(5(2)9)8-7(11)6(3)10/h4H,1-3H3,(H,8,11). The predicted octanol–water partition coefficient (Wildman–Crippen LogP) is -0.331. The van der Waals surface area contributed by atoms with E-state index in [2.05, 4.69) is 5.32 Å². The third-order valence-electron chi connectivity index (χ3n) is 1.28. The minimum atomic E-state index is -0.715. The van der Waals surface area contributed by atoms with Crippen LogP contribution in [0.15, 0.2) is 0 Å². The first-order chi connectivity index (χ1) is 4.95. The molecule has 0 saturated heterocycles. The van der Waals surface area contributed by atoms with Crippen LogP contribution in [-0.2, 0) is 14.4 Å². The quantitative estimate of drug-likeness (QED) is 0.570. The van der Waals surface area contributed by atoms with Crippen LogP contribution in [0.3, 0.4) is 0 Å². The molecule has 0 aromatic rings. The number of rotatable bonds is 3. The fraction of sp³-hybridized carbons (Fsp3) is 0.571. The van der Waals surface area contributed by atoms with Gasteiger partial charge in [0.1, 0.15) is 0 Å². The van der Waals surface area contributed by atoms with Crippen molar-refractivity contribution in [1.29, 1.82) is 0 Å². The predicted molar refractivity (Wildman–Crippen MR) is 39.0 cm³/mol. The minimum Gasteiger partial charge on any atom is -0.340 e. The van der Waals surface area contributed by atoms with Crippen LogP contribution in [0.5, 0.6) is 0 Å². The Hall–Kier alpha value is -1.19. The maximum Gasteiger partial charge on any atom is 0.287 e. The molecular formula is C7H11NO3. The Kier molecular flexibility index (Phi) is 3.44. The van der Waals surface area contributed by atoms with Crippen LogP contribution in [-0.4, -0.2) is 23.5 Å². The van der Waals surface area contributed by atoms with E-state index in [0.29, 0.717) is 0 Å². The van der Waals surface area contributed by atoms with Gasteiger partial charge >= 0.3 is 0 Å². The molecule has 0 aromatic heterocycles. The summed E-state index contributed by atoms with van der Waals surface area (Å²) in [6.07, 6.45) is 0. The van der Waals surface area contributed by atoms with Crippen LogP contribution >= 0.6 is 0 Å². The first-order valence-corrected chi connectivity index (χ1v) is 3.27. The van der Waals surface area contributed by atoms with E-state index in [9.17, 15) is 14.4 Å². The molecule has 0 aliphatic rings. The Morgan fingerprint density at radius 1 is 1.18 bits per heavy atom. The van der Waals surface area contributed by atoms with Gasteiger partial charge in [-0.15, -0.1) is 0 Å². The lowest BCUT2D eigenvalue weighted by molar-refractivity contribution is -0.137. The van der Waals surface area contributed by atoms with Gasteiger partial charge in [-0.3, -0.25) is 14.4 Å². The van der Waals surface area contributed by atoms with Gasteiger partial charge in [0.05, 0.1) is 6.04 Å². The Morgan fingerprint density at radius 2 is 1.64 bits per heavy atom. The Morgan fingerprint density at radius 3 is 1.91 bits per heavy atom. The molecule has 0 radical (unpaired) electrons. The molecule has 4 heteroatoms. The van der Waals surface area contributed by atoms with Crippen LogP contribution < -0.4 is 5.32 Å². The molecule has 11 heavy (non-hydrogen) atoms. The highest BCUT2D eigenvalue weighted by Crippen LogP contribution is 1.83. The highest BCUT2D eigenvalue weighted by Gasteiger charge is 2.13. The second-order valence-corrected chi connectivity index (χ2v) is 2.36. The first kappa shape index (κ1) is 9.81. The summed E-state index contributed by atoms with van der Waals surface area (Å²) in [4.78, 5) is 31.6. The zero-order chi connectivity index (χ0) is 9.02. The molecule has 0 aliphatic heterocycles. The lowest BCUT2D eigenvalue weighted by atomic mass is 10.2. The Balaban J connectivity index is 3.95. The Bertz CT molecular complexity index is 198. The van der Waals surface area contributed by atoms with Crippen molar-refractivity contribution in [3.63, 3.8) is 0 Å². The highest BCUT2D eigenvalue weighted by atomic mass is 16.2. The van der Waals surface area contributed by atoms with Gasteiger partial charge in [-0.1, -0.05) is 0 Å². The van der Waals surface area contributed by atoms with E-state index in [-0.39, 0.29) is 5.78 Å². The molecule has 1 atom stereocenters. The van der Waals surface area contributed by atoms with Gasteiger partial charge in [0.15, 0.2) is 5.78 Å². The number of amides is 1. The molecule has 0 heterocycles. The topological polar surface area (TPSA) is 63.2 Å². The average Bonchev–Trinajstić information content (AvgIpc) is 1.87. The van der Waals surface area contributed by atoms with Crippen LogP contribution in [0.2, 0.25) is 0 Å². The lowest BCUT2D eigenvalue weighted by Crippen LogP contribution is -2.40. The van der Waals surface area contributed by atoms with Crippen LogP contribution in [0, 0.1) is 0 Å². The van der Waals surface area contributed by atoms with Crippen LogP contribution in [0.1, 0.15) is 20.8 Å². The zero-order valence-corrected chi connectivity index (χ0v) is 6.80. The summed E-state index contributed by atoms with van der Waals surface area (Å²) < 4.78 is 0. The summed E-state index contributed by atoms with van der Waals surface area (Å²) in [6, 6.07) is -0.577. The van der Waals surface area contributed by atoms with Gasteiger partial charge in [-0.25, -0.2) is 0 Å². The second kappa shape index (κ2) is 3.85. The summed E-state index contributed by atoms with van der Waals surface area (Å²) in [5.74, 6) is -1.47. The molecule has 1 amide bonds. The van der Waals surface area contributed by atoms with Gasteiger partial charge in [0.2, 0.25) is 5.78 Å². The molecule has 0 rings (SSSR count). The maximum absolute atomic E-state index is 10.6. The van der Waals surface area contributed by atoms with E-state index >= 15 is 0 Å². The highest BCUT2D eigenvalue weighted by molar-refractivity contribution is 6.35. The number of hydrogen-bond donors (Lipinski definition) is 1. The van der Waals surface area contributed by atoms with Gasteiger partial charge in [0, 0.05) is 6.92 Å². The minimum absolute atomic E-state index is 0.167. The normalized spacial score (nSPS) is 11.9. The molecular weight excluding hydrogens is 146 g/mol. The summed E-state index contributed by atoms with van der Waals surface area (Å²) in [7, 11) is 0. The van der Waals surface area contributed by atoms with Crippen molar-refractivity contribution in [2.45, 2.75) is 26.8 Å². The van der Waals surface area contributed by atoms with E-state index in [1.807, 2.05) is 0 Å². The van der Waals surface area contributed by atoms with Crippen molar-refractivity contribution in [2.24, 2.45) is 0 Å². The molecule has 1 N–H and O–H groups in total. The van der Waals surface area contributed by atoms with Crippen molar-refractivity contribution in [3.05, 3.63) is 0 Å². The summed E-state index contributed by atoms with van der Waals surface area (Å²) >= 11 is 0. The molecule has 0 aromatic carbocycles. The molecule has 0 spiro atoms. The second-order valence-electron chi connectivity index (χ2n) is 2.36. The number of carbonyl (C=O) groups excluding carboxylic acids is 3. The van der Waals surface area contributed by atoms with Crippen molar-refractivity contribution < 1.29 is 14.4 Å². The van der Waals surface area contributed by atoms with Crippen molar-refractivity contribution in [3.8, 4) is 0 Å². The SMILES string of the molecule is CC(=O)C(=O)NC(C)C(C)=O. The average molecular weight is 157 g/mol. The number of hydrogen-bond acceptors (Lipinski definition) is 3. The summed E-state index contributed by atoms with van der Waals surface area (Å²) in [5, 5.41) is 2.24. The molecule has 0 aliphatic carbocycles. The van der Waals surface area contributed by atoms with Crippen molar-refractivity contribution >= 4 is 17.5 Å². The molecule has 1 unspecified atom stereocenters. The van der Waals surface area contributed by atoms with E-state index in [1.165, 1.54) is 13.8 Å². The van der Waals surface area contributed by atoms with E-state index < -0.39 is 17.7 Å². The lowest BCUT2D eigenvalue weighted by Gasteiger charge is -2.07. The molecule has 0 saturated carbocycles. The van der Waals surface area contributed by atoms with E-state index in [0.717, 1.165) is 6.92 Å². The van der Waals surface area contributed by atoms with Gasteiger partial charge in [0.25, 0.3) is 5.91 Å². The number of nitrogens with one attached hydrogen (secondary N) is 1. The fourth-order valence-corrected chi connectivity index (χ4v) is 0.400. The van der Waals surface area contributed by atoms with Gasteiger partial charge in [-0.2, -0.15) is 0 Å². The monoisotopic (exact) mass is 157 g/mol. The van der Waals surface area contributed by atoms with E-state index in [1.54, 1.807) is 0 Å². The fourth-order valence-electron chi connectivity index (χ4n) is 0.400. The van der Waals surface area contributed by atoms with Gasteiger partial charge < -0.3 is 5.32 Å². The van der Waals surface area contributed by atoms with Gasteiger partial charge in [-0.05, 0) is 13.8 Å². The number of Topliss-reactive ketones (excluding diaryl/α,β-unsaturated/α-hetero) is 2. The Labute approximate surface area is 65.0 Å². The molecule has 62 valence electrons. The van der Waals surface area contributed by atoms with Crippen LogP contribution in [0.25, 0.3) is 0 Å². The van der Waals surface area contributed by atoms with Crippen LogP contribution in [0.4, 0.5) is 0 Å².